The number of aryl methyl sites for hydroxylation is 1. The van der Waals surface area contributed by atoms with E-state index in [4.69, 9.17) is 0 Å². The third-order valence-electron chi connectivity index (χ3n) is 4.15. The first kappa shape index (κ1) is 16.6. The predicted molar refractivity (Wildman–Crippen MR) is 91.2 cm³/mol. The number of hydrazine groups is 1. The van der Waals surface area contributed by atoms with Crippen LogP contribution in [0.5, 0.6) is 0 Å². The predicted octanol–water partition coefficient (Wildman–Crippen LogP) is 3.02. The number of hydrogen-bond donors (Lipinski definition) is 2. The van der Waals surface area contributed by atoms with Gasteiger partial charge in [0.05, 0.1) is 11.3 Å². The summed E-state index contributed by atoms with van der Waals surface area (Å²) in [5, 5.41) is 0. The summed E-state index contributed by atoms with van der Waals surface area (Å²) < 4.78 is 12.8. The number of thiophene rings is 1. The molecule has 1 aliphatic carbocycles. The summed E-state index contributed by atoms with van der Waals surface area (Å²) in [6.07, 6.45) is 3.27. The van der Waals surface area contributed by atoms with E-state index in [9.17, 15) is 14.0 Å². The molecule has 1 atom stereocenters. The molecule has 2 amide bonds. The maximum atomic E-state index is 12.8. The SMILES string of the molecule is CC1CCc2sc(C(=O)NNC(=O)Cc3ccc(F)cc3)cc2C1. The van der Waals surface area contributed by atoms with Crippen LogP contribution in [-0.2, 0) is 24.1 Å². The van der Waals surface area contributed by atoms with Crippen molar-refractivity contribution in [3.05, 3.63) is 57.0 Å². The fourth-order valence-corrected chi connectivity index (χ4v) is 3.94. The number of carbonyl (C=O) groups excluding carboxylic acids is 2. The van der Waals surface area contributed by atoms with Crippen molar-refractivity contribution in [2.24, 2.45) is 5.92 Å². The van der Waals surface area contributed by atoms with Gasteiger partial charge in [0.15, 0.2) is 0 Å². The molecule has 3 rings (SSSR count). The summed E-state index contributed by atoms with van der Waals surface area (Å²) in [4.78, 5) is 25.9. The number of halogens is 1. The lowest BCUT2D eigenvalue weighted by atomic mass is 9.90. The normalized spacial score (nSPS) is 16.3. The number of rotatable bonds is 3. The van der Waals surface area contributed by atoms with Crippen LogP contribution in [0.1, 0.15) is 39.0 Å². The molecule has 0 radical (unpaired) electrons. The van der Waals surface area contributed by atoms with E-state index in [-0.39, 0.29) is 24.1 Å². The number of fused-ring (bicyclic) bond motifs is 1. The van der Waals surface area contributed by atoms with E-state index in [1.165, 1.54) is 33.9 Å². The smallest absolute Gasteiger partial charge is 0.273 e. The standard InChI is InChI=1S/C18H19FN2O2S/c1-11-2-7-15-13(8-11)10-16(24-15)18(23)21-20-17(22)9-12-3-5-14(19)6-4-12/h3-6,10-11H,2,7-9H2,1H3,(H,20,22)(H,21,23). The Morgan fingerprint density at radius 3 is 2.75 bits per heavy atom. The van der Waals surface area contributed by atoms with Crippen molar-refractivity contribution in [2.75, 3.05) is 0 Å². The van der Waals surface area contributed by atoms with Gasteiger partial charge in [-0.15, -0.1) is 11.3 Å². The average Bonchev–Trinajstić information content (AvgIpc) is 2.98. The molecular weight excluding hydrogens is 327 g/mol. The Morgan fingerprint density at radius 1 is 1.25 bits per heavy atom. The maximum absolute atomic E-state index is 12.8. The van der Waals surface area contributed by atoms with Gasteiger partial charge in [0.2, 0.25) is 5.91 Å². The summed E-state index contributed by atoms with van der Waals surface area (Å²) in [5.74, 6) is -0.332. The van der Waals surface area contributed by atoms with Crippen molar-refractivity contribution in [1.82, 2.24) is 10.9 Å². The molecule has 0 bridgehead atoms. The molecule has 0 saturated carbocycles. The molecule has 1 heterocycles. The van der Waals surface area contributed by atoms with Crippen LogP contribution in [0.25, 0.3) is 0 Å². The second kappa shape index (κ2) is 7.13. The first-order valence-electron chi connectivity index (χ1n) is 7.96. The summed E-state index contributed by atoms with van der Waals surface area (Å²) in [5.41, 5.74) is 6.79. The van der Waals surface area contributed by atoms with Crippen molar-refractivity contribution in [2.45, 2.75) is 32.6 Å². The molecule has 2 aromatic rings. The van der Waals surface area contributed by atoms with Gasteiger partial charge >= 0.3 is 0 Å². The molecule has 1 aliphatic rings. The Kier molecular flexibility index (Phi) is 4.94. The summed E-state index contributed by atoms with van der Waals surface area (Å²) >= 11 is 1.50. The number of hydrogen-bond acceptors (Lipinski definition) is 3. The van der Waals surface area contributed by atoms with Crippen LogP contribution in [-0.4, -0.2) is 11.8 Å². The number of amides is 2. The first-order chi connectivity index (χ1) is 11.5. The van der Waals surface area contributed by atoms with E-state index in [0.717, 1.165) is 19.3 Å². The minimum Gasteiger partial charge on any atom is -0.273 e. The van der Waals surface area contributed by atoms with Gasteiger partial charge in [0.1, 0.15) is 5.82 Å². The van der Waals surface area contributed by atoms with E-state index < -0.39 is 0 Å². The van der Waals surface area contributed by atoms with Crippen molar-refractivity contribution in [3.63, 3.8) is 0 Å². The Hall–Kier alpha value is -2.21. The Morgan fingerprint density at radius 2 is 2.00 bits per heavy atom. The van der Waals surface area contributed by atoms with E-state index >= 15 is 0 Å². The van der Waals surface area contributed by atoms with Crippen LogP contribution >= 0.6 is 11.3 Å². The molecule has 0 fully saturated rings. The first-order valence-corrected chi connectivity index (χ1v) is 8.78. The van der Waals surface area contributed by atoms with Gasteiger partial charge < -0.3 is 0 Å². The highest BCUT2D eigenvalue weighted by molar-refractivity contribution is 7.14. The topological polar surface area (TPSA) is 58.2 Å². The second-order valence-corrected chi connectivity index (χ2v) is 7.35. The minimum absolute atomic E-state index is 0.0824. The molecule has 0 spiro atoms. The zero-order chi connectivity index (χ0) is 17.1. The average molecular weight is 346 g/mol. The van der Waals surface area contributed by atoms with Crippen molar-refractivity contribution < 1.29 is 14.0 Å². The number of carbonyl (C=O) groups is 2. The lowest BCUT2D eigenvalue weighted by Crippen LogP contribution is -2.42. The van der Waals surface area contributed by atoms with E-state index in [2.05, 4.69) is 17.8 Å². The van der Waals surface area contributed by atoms with Crippen LogP contribution < -0.4 is 10.9 Å². The summed E-state index contributed by atoms with van der Waals surface area (Å²) in [6, 6.07) is 7.63. The van der Waals surface area contributed by atoms with Gasteiger partial charge in [-0.25, -0.2) is 4.39 Å². The van der Waals surface area contributed by atoms with Crippen LogP contribution in [0, 0.1) is 11.7 Å². The molecule has 6 heteroatoms. The number of nitrogens with one attached hydrogen (secondary N) is 2. The molecule has 4 nitrogen and oxygen atoms in total. The minimum atomic E-state index is -0.344. The molecule has 0 aliphatic heterocycles. The lowest BCUT2D eigenvalue weighted by molar-refractivity contribution is -0.121. The zero-order valence-electron chi connectivity index (χ0n) is 13.4. The lowest BCUT2D eigenvalue weighted by Gasteiger charge is -2.16. The summed E-state index contributed by atoms with van der Waals surface area (Å²) in [7, 11) is 0. The van der Waals surface area contributed by atoms with E-state index in [1.807, 2.05) is 6.07 Å². The monoisotopic (exact) mass is 346 g/mol. The molecule has 1 unspecified atom stereocenters. The van der Waals surface area contributed by atoms with Crippen molar-refractivity contribution in [3.8, 4) is 0 Å². The van der Waals surface area contributed by atoms with Crippen LogP contribution in [0.3, 0.4) is 0 Å². The molecule has 126 valence electrons. The van der Waals surface area contributed by atoms with Crippen molar-refractivity contribution >= 4 is 23.2 Å². The largest absolute Gasteiger partial charge is 0.279 e. The third kappa shape index (κ3) is 4.00. The quantitative estimate of drug-likeness (QED) is 0.840. The van der Waals surface area contributed by atoms with E-state index in [0.29, 0.717) is 16.4 Å². The fraction of sp³-hybridized carbons (Fsp3) is 0.333. The van der Waals surface area contributed by atoms with Gasteiger partial charge in [-0.1, -0.05) is 19.1 Å². The molecule has 0 saturated heterocycles. The van der Waals surface area contributed by atoms with Crippen molar-refractivity contribution in [1.29, 1.82) is 0 Å². The Labute approximate surface area is 144 Å². The van der Waals surface area contributed by atoms with E-state index in [1.54, 1.807) is 12.1 Å². The third-order valence-corrected chi connectivity index (χ3v) is 5.38. The molecular formula is C18H19FN2O2S. The van der Waals surface area contributed by atoms with Crippen LogP contribution in [0.15, 0.2) is 30.3 Å². The van der Waals surface area contributed by atoms with Gasteiger partial charge in [-0.05, 0) is 54.5 Å². The highest BCUT2D eigenvalue weighted by Crippen LogP contribution is 2.32. The van der Waals surface area contributed by atoms with Gasteiger partial charge in [0.25, 0.3) is 5.91 Å². The molecule has 1 aromatic carbocycles. The maximum Gasteiger partial charge on any atom is 0.279 e. The second-order valence-electron chi connectivity index (χ2n) is 6.21. The fourth-order valence-electron chi connectivity index (χ4n) is 2.84. The highest BCUT2D eigenvalue weighted by Gasteiger charge is 2.20. The molecule has 24 heavy (non-hydrogen) atoms. The van der Waals surface area contributed by atoms with Crippen LogP contribution in [0.2, 0.25) is 0 Å². The van der Waals surface area contributed by atoms with Gasteiger partial charge in [-0.3, -0.25) is 20.4 Å². The summed E-state index contributed by atoms with van der Waals surface area (Å²) in [6.45, 7) is 2.22. The Bertz CT molecular complexity index is 755. The Balaban J connectivity index is 1.53. The van der Waals surface area contributed by atoms with Gasteiger partial charge in [-0.2, -0.15) is 0 Å². The van der Waals surface area contributed by atoms with Crippen LogP contribution in [0.4, 0.5) is 4.39 Å². The zero-order valence-corrected chi connectivity index (χ0v) is 14.2. The molecule has 1 aromatic heterocycles. The highest BCUT2D eigenvalue weighted by atomic mass is 32.1. The molecule has 2 N–H and O–H groups in total. The van der Waals surface area contributed by atoms with Gasteiger partial charge in [0, 0.05) is 4.88 Å². The number of benzene rings is 1.